The average Bonchev–Trinajstić information content (AvgIpc) is 2.63. The fraction of sp³-hybridized carbons (Fsp3) is 0.455. The van der Waals surface area contributed by atoms with E-state index < -0.39 is 4.71 Å². The number of benzene rings is 2. The van der Waals surface area contributed by atoms with Crippen molar-refractivity contribution in [3.8, 4) is 0 Å². The molecule has 1 N–H and O–H groups in total. The molecule has 2 aromatic carbocycles. The zero-order chi connectivity index (χ0) is 19.4. The fourth-order valence-electron chi connectivity index (χ4n) is 2.95. The van der Waals surface area contributed by atoms with E-state index in [2.05, 4.69) is 109 Å². The largest absolute Gasteiger partial charge is 0.317 e. The first-order valence-corrected chi connectivity index (χ1v) is 15.0. The molecule has 4 heteroatoms. The quantitative estimate of drug-likeness (QED) is 0.277. The van der Waals surface area contributed by atoms with E-state index in [4.69, 9.17) is 12.2 Å². The van der Waals surface area contributed by atoms with Crippen molar-refractivity contribution in [1.29, 1.82) is 0 Å². The van der Waals surface area contributed by atoms with Crippen LogP contribution in [0.1, 0.15) is 50.7 Å². The number of rotatable bonds is 8. The molecular formula is C22H34NPSSe. The van der Waals surface area contributed by atoms with Crippen LogP contribution < -0.4 is 5.32 Å². The summed E-state index contributed by atoms with van der Waals surface area (Å²) in [6.07, 6.45) is 2.30. The predicted octanol–water partition coefficient (Wildman–Crippen LogP) is 6.16. The maximum absolute atomic E-state index is 5.02. The third-order valence-electron chi connectivity index (χ3n) is 4.36. The van der Waals surface area contributed by atoms with Crippen molar-refractivity contribution in [2.24, 2.45) is 0 Å². The van der Waals surface area contributed by atoms with Crippen molar-refractivity contribution in [2.45, 2.75) is 39.5 Å². The summed E-state index contributed by atoms with van der Waals surface area (Å²) in [6.45, 7) is 11.0. The van der Waals surface area contributed by atoms with Gasteiger partial charge in [0.25, 0.3) is 0 Å². The Kier molecular flexibility index (Phi) is 11.8. The van der Waals surface area contributed by atoms with Crippen LogP contribution in [0.5, 0.6) is 0 Å². The van der Waals surface area contributed by atoms with Crippen LogP contribution in [-0.4, -0.2) is 40.5 Å². The molecule has 2 aromatic rings. The molecule has 0 heterocycles. The molecule has 0 fully saturated rings. The van der Waals surface area contributed by atoms with E-state index >= 15 is 0 Å². The van der Waals surface area contributed by atoms with Crippen molar-refractivity contribution in [3.63, 3.8) is 0 Å². The maximum Gasteiger partial charge on any atom is -0.00775 e. The van der Waals surface area contributed by atoms with Gasteiger partial charge >= 0.3 is 142 Å². The Hall–Kier alpha value is -0.301. The molecule has 0 aliphatic rings. The summed E-state index contributed by atoms with van der Waals surface area (Å²) in [4.78, 5) is 0. The van der Waals surface area contributed by atoms with Crippen LogP contribution >= 0.6 is 17.0 Å². The van der Waals surface area contributed by atoms with E-state index in [9.17, 15) is 0 Å². The van der Waals surface area contributed by atoms with Gasteiger partial charge in [0.15, 0.2) is 0 Å². The minimum absolute atomic E-state index is 0.557. The van der Waals surface area contributed by atoms with Gasteiger partial charge in [-0.05, 0) is 13.1 Å². The molecule has 0 bridgehead atoms. The van der Waals surface area contributed by atoms with Crippen molar-refractivity contribution in [3.05, 3.63) is 71.8 Å². The fourth-order valence-corrected chi connectivity index (χ4v) is 9.52. The summed E-state index contributed by atoms with van der Waals surface area (Å²) in [5.74, 6) is 1.11. The average molecular weight is 455 g/mol. The van der Waals surface area contributed by atoms with E-state index in [1.807, 2.05) is 0 Å². The first-order chi connectivity index (χ1) is 12.4. The molecule has 0 saturated carbocycles. The van der Waals surface area contributed by atoms with Crippen molar-refractivity contribution in [1.82, 2.24) is 5.32 Å². The van der Waals surface area contributed by atoms with E-state index in [1.54, 1.807) is 0 Å². The molecule has 0 spiro atoms. The molecule has 1 nitrogen and oxygen atoms in total. The van der Waals surface area contributed by atoms with Gasteiger partial charge in [0.2, 0.25) is 0 Å². The summed E-state index contributed by atoms with van der Waals surface area (Å²) >= 11 is 8.45. The molecule has 2 atom stereocenters. The molecule has 0 radical (unpaired) electrons. The molecule has 0 aliphatic carbocycles. The second-order valence-corrected chi connectivity index (χ2v) is 17.7. The van der Waals surface area contributed by atoms with Gasteiger partial charge in [-0.2, -0.15) is 0 Å². The molecular weight excluding hydrogens is 420 g/mol. The van der Waals surface area contributed by atoms with Gasteiger partial charge in [0.1, 0.15) is 0 Å². The van der Waals surface area contributed by atoms with Gasteiger partial charge in [0.05, 0.1) is 0 Å². The number of thiol groups is 1. The normalized spacial score (nSPS) is 15.3. The van der Waals surface area contributed by atoms with Crippen LogP contribution in [0.2, 0.25) is 0 Å². The minimum Gasteiger partial charge on any atom is -0.317 e. The molecule has 0 saturated heterocycles. The van der Waals surface area contributed by atoms with E-state index in [0.717, 1.165) is 25.4 Å². The molecule has 26 heavy (non-hydrogen) atoms. The third kappa shape index (κ3) is 9.58. The zero-order valence-corrected chi connectivity index (χ0v) is 20.1. The Balaban J connectivity index is 0.000000597. The Bertz CT molecular complexity index is 594. The maximum atomic E-state index is 5.02. The Morgan fingerprint density at radius 1 is 0.808 bits per heavy atom. The van der Waals surface area contributed by atoms with Gasteiger partial charge in [-0.25, -0.2) is 0 Å². The van der Waals surface area contributed by atoms with Crippen molar-refractivity contribution < 1.29 is 0 Å². The van der Waals surface area contributed by atoms with Crippen LogP contribution in [0, 0.1) is 0 Å². The molecule has 2 rings (SSSR count). The summed E-state index contributed by atoms with van der Waals surface area (Å²) in [7, 11) is 0. The first-order valence-electron chi connectivity index (χ1n) is 9.51. The van der Waals surface area contributed by atoms with E-state index in [-0.39, 0.29) is 0 Å². The van der Waals surface area contributed by atoms with Crippen LogP contribution in [0.25, 0.3) is 0 Å². The van der Waals surface area contributed by atoms with Gasteiger partial charge in [-0.3, -0.25) is 0 Å². The molecule has 0 aromatic heterocycles. The van der Waals surface area contributed by atoms with Gasteiger partial charge < -0.3 is 5.32 Å². The van der Waals surface area contributed by atoms with Crippen molar-refractivity contribution >= 4 is 32.1 Å². The van der Waals surface area contributed by atoms with Crippen molar-refractivity contribution in [2.75, 3.05) is 25.4 Å². The molecule has 0 aliphatic heterocycles. The van der Waals surface area contributed by atoms with Gasteiger partial charge in [-0.15, -0.1) is 0 Å². The monoisotopic (exact) mass is 455 g/mol. The zero-order valence-electron chi connectivity index (χ0n) is 16.6. The first kappa shape index (κ1) is 23.7. The van der Waals surface area contributed by atoms with Gasteiger partial charge in [-0.1, -0.05) is 13.8 Å². The number of hydrogen-bond acceptors (Lipinski definition) is 2. The van der Waals surface area contributed by atoms with Crippen LogP contribution in [0.4, 0.5) is 0 Å². The van der Waals surface area contributed by atoms with E-state index in [0.29, 0.717) is 11.8 Å². The van der Waals surface area contributed by atoms with Crippen LogP contribution in [0.3, 0.4) is 0 Å². The van der Waals surface area contributed by atoms with Gasteiger partial charge in [0, 0.05) is 0 Å². The summed E-state index contributed by atoms with van der Waals surface area (Å²) < 4.78 is -1.32. The number of hydrogen-bond donors (Lipinski definition) is 2. The molecule has 0 amide bonds. The second-order valence-electron chi connectivity index (χ2n) is 6.79. The topological polar surface area (TPSA) is 12.0 Å². The summed E-state index contributed by atoms with van der Waals surface area (Å²) in [6, 6.07) is 21.5. The Morgan fingerprint density at radius 3 is 1.42 bits per heavy atom. The summed E-state index contributed by atoms with van der Waals surface area (Å²) in [5, 5.41) is 3.11. The SMILES string of the molecule is CC(CP(S)(=[Se])CC(C)c1ccccc1)c1ccccc1.CCNCC. The van der Waals surface area contributed by atoms with Crippen LogP contribution in [0.15, 0.2) is 60.7 Å². The molecule has 144 valence electrons. The third-order valence-corrected chi connectivity index (χ3v) is 9.45. The standard InChI is InChI=1S/C18H23PSSe.C4H11N/c1-15(17-9-5-3-6-10-17)13-19(20,21)14-16(2)18-11-7-4-8-12-18;1-3-5-4-2/h3-12,15-16H,13-14H2,1-2H3,(H,20,21);5H,3-4H2,1-2H3. The minimum atomic E-state index is -1.32. The Morgan fingerprint density at radius 2 is 1.15 bits per heavy atom. The smallest absolute Gasteiger partial charge is 0.00775 e. The second kappa shape index (κ2) is 13.0. The predicted molar refractivity (Wildman–Crippen MR) is 125 cm³/mol. The van der Waals surface area contributed by atoms with Crippen LogP contribution in [-0.2, 0) is 0 Å². The Labute approximate surface area is 173 Å². The number of nitrogens with one attached hydrogen (secondary N) is 1. The van der Waals surface area contributed by atoms with E-state index in [1.165, 1.54) is 11.1 Å². The molecule has 2 unspecified atom stereocenters. The summed E-state index contributed by atoms with van der Waals surface area (Å²) in [5.41, 5.74) is 2.83.